The number of ether oxygens (including phenoxy) is 1. The molecule has 0 aliphatic carbocycles. The number of amides is 1. The lowest BCUT2D eigenvalue weighted by molar-refractivity contribution is -0.118. The van der Waals surface area contributed by atoms with Gasteiger partial charge in [-0.25, -0.2) is 0 Å². The maximum Gasteiger partial charge on any atom is 0.241 e. The van der Waals surface area contributed by atoms with Crippen LogP contribution in [0.5, 0.6) is 0 Å². The van der Waals surface area contributed by atoms with Crippen LogP contribution in [0.1, 0.15) is 40.2 Å². The van der Waals surface area contributed by atoms with E-state index in [0.717, 1.165) is 5.69 Å². The zero-order valence-corrected chi connectivity index (χ0v) is 14.0. The number of carbonyl (C=O) groups excluding carboxylic acids is 1. The van der Waals surface area contributed by atoms with Gasteiger partial charge >= 0.3 is 0 Å². The molecule has 1 rings (SSSR count). The molecule has 0 aliphatic rings. The Kier molecular flexibility index (Phi) is 6.37. The third-order valence-electron chi connectivity index (χ3n) is 3.36. The van der Waals surface area contributed by atoms with Gasteiger partial charge in [-0.05, 0) is 37.0 Å². The van der Waals surface area contributed by atoms with Gasteiger partial charge in [-0.2, -0.15) is 0 Å². The summed E-state index contributed by atoms with van der Waals surface area (Å²) in [7, 11) is 1.65. The smallest absolute Gasteiger partial charge is 0.241 e. The van der Waals surface area contributed by atoms with Gasteiger partial charge in [0.1, 0.15) is 0 Å². The summed E-state index contributed by atoms with van der Waals surface area (Å²) < 4.78 is 5.05. The van der Waals surface area contributed by atoms with Crippen molar-refractivity contribution >= 4 is 11.6 Å². The standard InChI is InChI=1S/C17H28N2O2/c1-12(11-21-6)18-13(2)16(20)19-15-9-7-14(8-10-15)17(3,4)5/h7-10,12-13,18H,11H2,1-6H3,(H,19,20)/t12-,13+/m0/s1. The molecule has 0 unspecified atom stereocenters. The number of benzene rings is 1. The Morgan fingerprint density at radius 3 is 2.24 bits per heavy atom. The first-order valence-corrected chi connectivity index (χ1v) is 7.40. The van der Waals surface area contributed by atoms with Crippen molar-refractivity contribution in [2.45, 2.75) is 52.1 Å². The van der Waals surface area contributed by atoms with E-state index in [-0.39, 0.29) is 23.4 Å². The first-order valence-electron chi connectivity index (χ1n) is 7.40. The number of anilines is 1. The van der Waals surface area contributed by atoms with E-state index >= 15 is 0 Å². The largest absolute Gasteiger partial charge is 0.383 e. The van der Waals surface area contributed by atoms with Crippen molar-refractivity contribution in [2.24, 2.45) is 0 Å². The molecule has 4 heteroatoms. The highest BCUT2D eigenvalue weighted by molar-refractivity contribution is 5.94. The fourth-order valence-electron chi connectivity index (χ4n) is 2.10. The highest BCUT2D eigenvalue weighted by Crippen LogP contribution is 2.23. The van der Waals surface area contributed by atoms with Crippen LogP contribution >= 0.6 is 0 Å². The average Bonchev–Trinajstić information content (AvgIpc) is 2.38. The van der Waals surface area contributed by atoms with E-state index in [1.54, 1.807) is 7.11 Å². The molecule has 0 radical (unpaired) electrons. The van der Waals surface area contributed by atoms with Crippen molar-refractivity contribution in [1.82, 2.24) is 5.32 Å². The van der Waals surface area contributed by atoms with E-state index in [4.69, 9.17) is 4.74 Å². The van der Waals surface area contributed by atoms with E-state index in [9.17, 15) is 4.79 Å². The van der Waals surface area contributed by atoms with Gasteiger partial charge in [-0.15, -0.1) is 0 Å². The second-order valence-electron chi connectivity index (χ2n) is 6.56. The zero-order valence-electron chi connectivity index (χ0n) is 14.0. The van der Waals surface area contributed by atoms with Gasteiger partial charge in [-0.3, -0.25) is 4.79 Å². The summed E-state index contributed by atoms with van der Waals surface area (Å²) in [6.07, 6.45) is 0. The molecule has 1 amide bonds. The molecule has 0 saturated heterocycles. The SMILES string of the molecule is COC[C@H](C)N[C@H](C)C(=O)Nc1ccc(C(C)(C)C)cc1. The molecule has 2 N–H and O–H groups in total. The van der Waals surface area contributed by atoms with Crippen LogP contribution in [0.3, 0.4) is 0 Å². The summed E-state index contributed by atoms with van der Waals surface area (Å²) in [4.78, 5) is 12.1. The summed E-state index contributed by atoms with van der Waals surface area (Å²) in [6.45, 7) is 10.9. The molecular weight excluding hydrogens is 264 g/mol. The Bertz CT molecular complexity index is 449. The summed E-state index contributed by atoms with van der Waals surface area (Å²) in [5, 5.41) is 6.12. The van der Waals surface area contributed by atoms with Crippen LogP contribution in [-0.2, 0) is 14.9 Å². The molecule has 21 heavy (non-hydrogen) atoms. The van der Waals surface area contributed by atoms with Crippen molar-refractivity contribution in [1.29, 1.82) is 0 Å². The molecule has 0 bridgehead atoms. The lowest BCUT2D eigenvalue weighted by Gasteiger charge is -2.20. The Morgan fingerprint density at radius 1 is 1.19 bits per heavy atom. The quantitative estimate of drug-likeness (QED) is 0.847. The van der Waals surface area contributed by atoms with E-state index in [2.05, 4.69) is 43.5 Å². The van der Waals surface area contributed by atoms with Crippen molar-refractivity contribution in [3.05, 3.63) is 29.8 Å². The summed E-state index contributed by atoms with van der Waals surface area (Å²) in [5.41, 5.74) is 2.19. The normalized spacial score (nSPS) is 14.6. The molecule has 4 nitrogen and oxygen atoms in total. The fourth-order valence-corrected chi connectivity index (χ4v) is 2.10. The summed E-state index contributed by atoms with van der Waals surface area (Å²) in [5.74, 6) is -0.0403. The molecule has 2 atom stereocenters. The second-order valence-corrected chi connectivity index (χ2v) is 6.56. The van der Waals surface area contributed by atoms with Crippen LogP contribution in [-0.4, -0.2) is 31.7 Å². The highest BCUT2D eigenvalue weighted by Gasteiger charge is 2.16. The first kappa shape index (κ1) is 17.7. The number of methoxy groups -OCH3 is 1. The lowest BCUT2D eigenvalue weighted by Crippen LogP contribution is -2.44. The molecule has 1 aromatic rings. The van der Waals surface area contributed by atoms with Crippen LogP contribution < -0.4 is 10.6 Å². The van der Waals surface area contributed by atoms with Crippen LogP contribution in [0.4, 0.5) is 5.69 Å². The van der Waals surface area contributed by atoms with Crippen molar-refractivity contribution < 1.29 is 9.53 Å². The molecule has 0 saturated carbocycles. The number of hydrogen-bond donors (Lipinski definition) is 2. The van der Waals surface area contributed by atoms with E-state index < -0.39 is 0 Å². The summed E-state index contributed by atoms with van der Waals surface area (Å²) >= 11 is 0. The third kappa shape index (κ3) is 5.86. The minimum absolute atomic E-state index is 0.0403. The molecular formula is C17H28N2O2. The number of carbonyl (C=O) groups is 1. The number of hydrogen-bond acceptors (Lipinski definition) is 3. The molecule has 1 aromatic carbocycles. The third-order valence-corrected chi connectivity index (χ3v) is 3.36. The van der Waals surface area contributed by atoms with Crippen LogP contribution in [0.25, 0.3) is 0 Å². The molecule has 118 valence electrons. The predicted molar refractivity (Wildman–Crippen MR) is 87.7 cm³/mol. The monoisotopic (exact) mass is 292 g/mol. The van der Waals surface area contributed by atoms with Gasteiger partial charge < -0.3 is 15.4 Å². The van der Waals surface area contributed by atoms with Gasteiger partial charge in [0.2, 0.25) is 5.91 Å². The number of rotatable bonds is 6. The first-order chi connectivity index (χ1) is 9.74. The fraction of sp³-hybridized carbons (Fsp3) is 0.588. The van der Waals surface area contributed by atoms with Crippen LogP contribution in [0.15, 0.2) is 24.3 Å². The van der Waals surface area contributed by atoms with Crippen molar-refractivity contribution in [3.63, 3.8) is 0 Å². The summed E-state index contributed by atoms with van der Waals surface area (Å²) in [6, 6.07) is 7.88. The minimum atomic E-state index is -0.266. The van der Waals surface area contributed by atoms with Gasteiger partial charge in [0.05, 0.1) is 12.6 Å². The predicted octanol–water partition coefficient (Wildman–Crippen LogP) is 2.94. The van der Waals surface area contributed by atoms with Gasteiger partial charge in [0.25, 0.3) is 0 Å². The van der Waals surface area contributed by atoms with E-state index in [1.165, 1.54) is 5.56 Å². The average molecular weight is 292 g/mol. The van der Waals surface area contributed by atoms with Gasteiger partial charge in [0.15, 0.2) is 0 Å². The Labute approximate surface area is 128 Å². The van der Waals surface area contributed by atoms with Crippen LogP contribution in [0.2, 0.25) is 0 Å². The second kappa shape index (κ2) is 7.57. The van der Waals surface area contributed by atoms with Crippen molar-refractivity contribution in [2.75, 3.05) is 19.0 Å². The number of nitrogens with one attached hydrogen (secondary N) is 2. The Hall–Kier alpha value is -1.39. The minimum Gasteiger partial charge on any atom is -0.383 e. The zero-order chi connectivity index (χ0) is 16.0. The Balaban J connectivity index is 2.58. The molecule has 0 aromatic heterocycles. The molecule has 0 aliphatic heterocycles. The van der Waals surface area contributed by atoms with Crippen molar-refractivity contribution in [3.8, 4) is 0 Å². The molecule has 0 spiro atoms. The highest BCUT2D eigenvalue weighted by atomic mass is 16.5. The molecule has 0 fully saturated rings. The van der Waals surface area contributed by atoms with Gasteiger partial charge in [0, 0.05) is 18.8 Å². The maximum atomic E-state index is 12.1. The Morgan fingerprint density at radius 2 is 1.76 bits per heavy atom. The van der Waals surface area contributed by atoms with Gasteiger partial charge in [-0.1, -0.05) is 32.9 Å². The molecule has 0 heterocycles. The topological polar surface area (TPSA) is 50.4 Å². The van der Waals surface area contributed by atoms with E-state index in [0.29, 0.717) is 6.61 Å². The van der Waals surface area contributed by atoms with Crippen LogP contribution in [0, 0.1) is 0 Å². The van der Waals surface area contributed by atoms with E-state index in [1.807, 2.05) is 26.0 Å². The lowest BCUT2D eigenvalue weighted by atomic mass is 9.87. The maximum absolute atomic E-state index is 12.1.